The molecule has 5 rings (SSSR count). The summed E-state index contributed by atoms with van der Waals surface area (Å²) in [4.78, 5) is 44.3. The number of ether oxygens (including phenoxy) is 1. The number of benzene rings is 2. The molecule has 0 fully saturated rings. The predicted molar refractivity (Wildman–Crippen MR) is 147 cm³/mol. The van der Waals surface area contributed by atoms with Crippen LogP contribution in [0.4, 0.5) is 0 Å². The largest absolute Gasteiger partial charge is 0.477 e. The van der Waals surface area contributed by atoms with E-state index in [1.165, 1.54) is 23.0 Å². The molecule has 0 unspecified atom stereocenters. The van der Waals surface area contributed by atoms with Crippen molar-refractivity contribution < 1.29 is 24.2 Å². The van der Waals surface area contributed by atoms with E-state index in [0.29, 0.717) is 30.5 Å². The molecule has 1 aliphatic rings. The van der Waals surface area contributed by atoms with Crippen LogP contribution >= 0.6 is 0 Å². The zero-order chi connectivity index (χ0) is 29.5. The summed E-state index contributed by atoms with van der Waals surface area (Å²) in [7, 11) is 0. The van der Waals surface area contributed by atoms with Gasteiger partial charge in [0, 0.05) is 12.6 Å². The zero-order valence-corrected chi connectivity index (χ0v) is 22.2. The van der Waals surface area contributed by atoms with E-state index in [2.05, 4.69) is 27.0 Å². The molecule has 12 nitrogen and oxygen atoms in total. The van der Waals surface area contributed by atoms with Gasteiger partial charge in [0.25, 0.3) is 11.7 Å². The van der Waals surface area contributed by atoms with Crippen LogP contribution in [0.5, 0.6) is 0 Å². The Balaban J connectivity index is 0.000000328. The minimum absolute atomic E-state index is 0.0229. The molecule has 1 atom stereocenters. The smallest absolute Gasteiger partial charge is 0.354 e. The Bertz CT molecular complexity index is 1690. The Morgan fingerprint density at radius 3 is 2.80 bits per heavy atom. The van der Waals surface area contributed by atoms with Gasteiger partial charge in [0.2, 0.25) is 0 Å². The maximum absolute atomic E-state index is 13.0. The van der Waals surface area contributed by atoms with E-state index in [4.69, 9.17) is 15.7 Å². The van der Waals surface area contributed by atoms with Crippen molar-refractivity contribution in [1.82, 2.24) is 24.9 Å². The summed E-state index contributed by atoms with van der Waals surface area (Å²) in [6.07, 6.45) is 4.04. The van der Waals surface area contributed by atoms with Crippen molar-refractivity contribution in [1.29, 1.82) is 5.26 Å². The number of amides is 1. The van der Waals surface area contributed by atoms with Crippen LogP contribution in [0.1, 0.15) is 71.6 Å². The normalized spacial score (nSPS) is 13.3. The molecule has 0 saturated carbocycles. The first kappa shape index (κ1) is 28.6. The number of nitrogens with two attached hydrogens (primary N) is 1. The molecular weight excluding hydrogens is 526 g/mol. The number of rotatable bonds is 7. The highest BCUT2D eigenvalue weighted by atomic mass is 16.5. The van der Waals surface area contributed by atoms with Gasteiger partial charge in [-0.1, -0.05) is 30.9 Å². The van der Waals surface area contributed by atoms with Gasteiger partial charge in [-0.2, -0.15) is 19.9 Å². The number of carboxylic acid groups (broad SMARTS) is 1. The monoisotopic (exact) mass is 553 g/mol. The van der Waals surface area contributed by atoms with Gasteiger partial charge in [-0.3, -0.25) is 4.79 Å². The number of nitriles is 1. The van der Waals surface area contributed by atoms with Gasteiger partial charge in [-0.05, 0) is 60.2 Å². The van der Waals surface area contributed by atoms with E-state index in [9.17, 15) is 19.5 Å². The summed E-state index contributed by atoms with van der Waals surface area (Å²) in [5.41, 5.74) is 9.96. The Hall–Kier alpha value is -5.41. The third-order valence-electron chi connectivity index (χ3n) is 6.55. The van der Waals surface area contributed by atoms with Crippen LogP contribution in [0.25, 0.3) is 5.78 Å². The molecule has 1 aliphatic carbocycles. The van der Waals surface area contributed by atoms with Crippen molar-refractivity contribution in [2.24, 2.45) is 5.73 Å². The fourth-order valence-electron chi connectivity index (χ4n) is 4.55. The summed E-state index contributed by atoms with van der Waals surface area (Å²) >= 11 is 0. The lowest BCUT2D eigenvalue weighted by Crippen LogP contribution is -2.29. The van der Waals surface area contributed by atoms with Gasteiger partial charge in [0.05, 0.1) is 23.2 Å². The average Bonchev–Trinajstić information content (AvgIpc) is 3.63. The SMILES string of the molecule is C=CCOC(=O)c1ccc2c(c1C)CC[C@@H]2NC(=O)c1cc(C(=O)O)nc2ncnn12.N#Cc1cccc(CN)c1. The molecule has 41 heavy (non-hydrogen) atoms. The number of carboxylic acids is 1. The van der Waals surface area contributed by atoms with Crippen LogP contribution in [-0.2, 0) is 17.7 Å². The number of hydrogen-bond acceptors (Lipinski definition) is 9. The molecule has 4 aromatic rings. The highest BCUT2D eigenvalue weighted by molar-refractivity contribution is 5.96. The lowest BCUT2D eigenvalue weighted by Gasteiger charge is -2.16. The molecule has 0 saturated heterocycles. The van der Waals surface area contributed by atoms with Crippen LogP contribution in [-0.4, -0.2) is 49.1 Å². The van der Waals surface area contributed by atoms with Gasteiger partial charge in [0.1, 0.15) is 18.6 Å². The van der Waals surface area contributed by atoms with E-state index in [0.717, 1.165) is 22.3 Å². The van der Waals surface area contributed by atoms with Crippen molar-refractivity contribution in [3.8, 4) is 6.07 Å². The number of aromatic nitrogens is 4. The number of aromatic carboxylic acids is 1. The van der Waals surface area contributed by atoms with E-state index >= 15 is 0 Å². The number of nitrogens with zero attached hydrogens (tertiary/aromatic N) is 5. The number of fused-ring (bicyclic) bond motifs is 2. The summed E-state index contributed by atoms with van der Waals surface area (Å²) in [6.45, 7) is 6.02. The summed E-state index contributed by atoms with van der Waals surface area (Å²) in [5, 5.41) is 24.6. The molecule has 0 spiro atoms. The van der Waals surface area contributed by atoms with E-state index in [1.54, 1.807) is 18.2 Å². The highest BCUT2D eigenvalue weighted by Crippen LogP contribution is 2.35. The average molecular weight is 554 g/mol. The number of hydrogen-bond donors (Lipinski definition) is 3. The quantitative estimate of drug-likeness (QED) is 0.227. The van der Waals surface area contributed by atoms with E-state index < -0.39 is 17.8 Å². The first-order valence-corrected chi connectivity index (χ1v) is 12.6. The van der Waals surface area contributed by atoms with Crippen molar-refractivity contribution in [2.45, 2.75) is 32.4 Å². The van der Waals surface area contributed by atoms with Crippen LogP contribution in [0, 0.1) is 18.3 Å². The second-order valence-corrected chi connectivity index (χ2v) is 9.08. The number of esters is 1. The Labute approximate surface area is 235 Å². The highest BCUT2D eigenvalue weighted by Gasteiger charge is 2.29. The van der Waals surface area contributed by atoms with Crippen molar-refractivity contribution in [2.75, 3.05) is 6.61 Å². The van der Waals surface area contributed by atoms with Crippen molar-refractivity contribution in [3.05, 3.63) is 106 Å². The van der Waals surface area contributed by atoms with Gasteiger partial charge in [-0.15, -0.1) is 0 Å². The van der Waals surface area contributed by atoms with Gasteiger partial charge >= 0.3 is 11.9 Å². The van der Waals surface area contributed by atoms with Crippen LogP contribution in [0.3, 0.4) is 0 Å². The maximum Gasteiger partial charge on any atom is 0.354 e. The molecular formula is C29H27N7O5. The molecule has 4 N–H and O–H groups in total. The molecule has 12 heteroatoms. The van der Waals surface area contributed by atoms with Gasteiger partial charge < -0.3 is 20.9 Å². The molecule has 2 heterocycles. The zero-order valence-electron chi connectivity index (χ0n) is 22.2. The van der Waals surface area contributed by atoms with Crippen LogP contribution < -0.4 is 11.1 Å². The standard InChI is InChI=1S/C21H19N5O5.C8H8N2/c1-3-8-31-20(30)13-4-5-14-12(11(13)2)6-7-15(14)24-18(27)17-9-16(19(28)29)25-21-22-10-23-26(17)21;9-5-7-2-1-3-8(4-7)6-10/h3-5,9-10,15H,1,6-8H2,2H3,(H,24,27)(H,28,29);1-4H,5,9H2/t15-;/m0./s1. The van der Waals surface area contributed by atoms with Gasteiger partial charge in [-0.25, -0.2) is 14.6 Å². The number of nitrogens with one attached hydrogen (secondary N) is 1. The van der Waals surface area contributed by atoms with E-state index in [-0.39, 0.29) is 29.8 Å². The third kappa shape index (κ3) is 6.26. The lowest BCUT2D eigenvalue weighted by molar-refractivity contribution is 0.0548. The predicted octanol–water partition coefficient (Wildman–Crippen LogP) is 2.91. The molecule has 0 bridgehead atoms. The minimum atomic E-state index is -1.27. The number of carbonyl (C=O) groups excluding carboxylic acids is 2. The lowest BCUT2D eigenvalue weighted by atomic mass is 9.98. The molecule has 208 valence electrons. The fourth-order valence-corrected chi connectivity index (χ4v) is 4.55. The first-order chi connectivity index (χ1) is 19.8. The summed E-state index contributed by atoms with van der Waals surface area (Å²) < 4.78 is 6.33. The Morgan fingerprint density at radius 2 is 2.10 bits per heavy atom. The molecule has 2 aromatic carbocycles. The topological polar surface area (TPSA) is 186 Å². The molecule has 2 aromatic heterocycles. The Kier molecular flexibility index (Phi) is 8.81. The third-order valence-corrected chi connectivity index (χ3v) is 6.55. The summed E-state index contributed by atoms with van der Waals surface area (Å²) in [6, 6.07) is 13.7. The number of carbonyl (C=O) groups is 3. The van der Waals surface area contributed by atoms with Crippen LogP contribution in [0.15, 0.2) is 61.4 Å². The molecule has 0 aliphatic heterocycles. The molecule has 0 radical (unpaired) electrons. The first-order valence-electron chi connectivity index (χ1n) is 12.6. The van der Waals surface area contributed by atoms with Crippen molar-refractivity contribution >= 4 is 23.6 Å². The second-order valence-electron chi connectivity index (χ2n) is 9.08. The van der Waals surface area contributed by atoms with Crippen molar-refractivity contribution in [3.63, 3.8) is 0 Å². The van der Waals surface area contributed by atoms with Crippen LogP contribution in [0.2, 0.25) is 0 Å². The Morgan fingerprint density at radius 1 is 1.29 bits per heavy atom. The maximum atomic E-state index is 13.0. The minimum Gasteiger partial charge on any atom is -0.477 e. The van der Waals surface area contributed by atoms with E-state index in [1.807, 2.05) is 31.2 Å². The second kappa shape index (κ2) is 12.6. The fraction of sp³-hybridized carbons (Fsp3) is 0.207. The molecule has 1 amide bonds. The summed E-state index contributed by atoms with van der Waals surface area (Å²) in [5.74, 6) is -2.16. The van der Waals surface area contributed by atoms with Gasteiger partial charge in [0.15, 0.2) is 5.69 Å².